The Bertz CT molecular complexity index is 1260. The number of benzene rings is 3. The Labute approximate surface area is 185 Å². The smallest absolute Gasteiger partial charge is 0.283 e. The molecule has 0 saturated carbocycles. The van der Waals surface area contributed by atoms with Gasteiger partial charge in [-0.15, -0.1) is 11.3 Å². The minimum Gasteiger partial charge on any atom is -0.283 e. The van der Waals surface area contributed by atoms with Crippen LogP contribution in [0.25, 0.3) is 11.3 Å². The molecule has 0 fully saturated rings. The largest absolute Gasteiger partial charge is 0.332 e. The van der Waals surface area contributed by atoms with E-state index in [2.05, 4.69) is 10.3 Å². The van der Waals surface area contributed by atoms with Crippen LogP contribution in [-0.2, 0) is 0 Å². The van der Waals surface area contributed by atoms with Crippen LogP contribution in [0.1, 0.15) is 0 Å². The van der Waals surface area contributed by atoms with E-state index in [0.717, 1.165) is 26.7 Å². The van der Waals surface area contributed by atoms with Crippen LogP contribution >= 0.6 is 23.1 Å². The van der Waals surface area contributed by atoms with Crippen LogP contribution in [-0.4, -0.2) is 15.9 Å². The number of fused-ring (bicyclic) bond motifs is 2. The quantitative estimate of drug-likeness (QED) is 0.285. The molecule has 1 aromatic heterocycles. The average molecular weight is 447 g/mol. The zero-order chi connectivity index (χ0) is 21.4. The van der Waals surface area contributed by atoms with Gasteiger partial charge in [-0.05, 0) is 36.4 Å². The Kier molecular flexibility index (Phi) is 4.89. The maximum atomic E-state index is 13.3. The lowest BCUT2D eigenvalue weighted by Gasteiger charge is -2.30. The first-order chi connectivity index (χ1) is 15.1. The van der Waals surface area contributed by atoms with E-state index in [-0.39, 0.29) is 11.7 Å². The van der Waals surface area contributed by atoms with Gasteiger partial charge in [0.25, 0.3) is 5.69 Å². The maximum absolute atomic E-state index is 13.3. The lowest BCUT2D eigenvalue weighted by atomic mass is 10.1. The molecule has 5 rings (SSSR count). The van der Waals surface area contributed by atoms with Gasteiger partial charge in [-0.2, -0.15) is 0 Å². The van der Waals surface area contributed by atoms with E-state index in [1.54, 1.807) is 28.8 Å². The molecule has 0 radical (unpaired) electrons. The molecule has 0 atom stereocenters. The molecule has 2 amide bonds. The van der Waals surface area contributed by atoms with Crippen molar-refractivity contribution in [2.75, 3.05) is 10.2 Å². The summed E-state index contributed by atoms with van der Waals surface area (Å²) >= 11 is 2.93. The first-order valence-corrected chi connectivity index (χ1v) is 11.0. The summed E-state index contributed by atoms with van der Waals surface area (Å²) in [5.74, 6) is 0. The molecule has 1 N–H and O–H groups in total. The normalized spacial score (nSPS) is 12.1. The summed E-state index contributed by atoms with van der Waals surface area (Å²) < 4.78 is 0. The number of carbonyl (C=O) groups excluding carboxylic acids is 1. The number of thiazole rings is 1. The van der Waals surface area contributed by atoms with Crippen molar-refractivity contribution in [1.29, 1.82) is 0 Å². The molecule has 1 aliphatic heterocycles. The fourth-order valence-corrected chi connectivity index (χ4v) is 5.06. The van der Waals surface area contributed by atoms with Gasteiger partial charge in [0.15, 0.2) is 5.13 Å². The van der Waals surface area contributed by atoms with Gasteiger partial charge in [-0.25, -0.2) is 9.78 Å². The number of carbonyl (C=O) groups is 1. The number of urea groups is 1. The van der Waals surface area contributed by atoms with E-state index in [1.807, 2.05) is 53.9 Å². The molecule has 3 aromatic carbocycles. The summed E-state index contributed by atoms with van der Waals surface area (Å²) in [4.78, 5) is 31.8. The number of hydrogen-bond donors (Lipinski definition) is 1. The van der Waals surface area contributed by atoms with Crippen LogP contribution in [0.4, 0.5) is 27.0 Å². The lowest BCUT2D eigenvalue weighted by molar-refractivity contribution is -0.384. The van der Waals surface area contributed by atoms with Gasteiger partial charge >= 0.3 is 6.03 Å². The number of anilines is 3. The highest BCUT2D eigenvalue weighted by Gasteiger charge is 2.28. The van der Waals surface area contributed by atoms with Gasteiger partial charge in [0.2, 0.25) is 0 Å². The molecule has 4 aromatic rings. The van der Waals surface area contributed by atoms with Gasteiger partial charge in [-0.3, -0.25) is 20.3 Å². The molecule has 7 nitrogen and oxygen atoms in total. The van der Waals surface area contributed by atoms with Crippen molar-refractivity contribution in [2.45, 2.75) is 9.79 Å². The Morgan fingerprint density at radius 2 is 1.55 bits per heavy atom. The molecule has 31 heavy (non-hydrogen) atoms. The highest BCUT2D eigenvalue weighted by atomic mass is 32.2. The van der Waals surface area contributed by atoms with Crippen LogP contribution in [0, 0.1) is 10.1 Å². The van der Waals surface area contributed by atoms with Crippen molar-refractivity contribution in [2.24, 2.45) is 0 Å². The number of nitro benzene ring substituents is 1. The maximum Gasteiger partial charge on any atom is 0.332 e. The minimum atomic E-state index is -0.441. The van der Waals surface area contributed by atoms with Gasteiger partial charge < -0.3 is 0 Å². The van der Waals surface area contributed by atoms with Crippen molar-refractivity contribution in [3.05, 3.63) is 88.3 Å². The number of nitrogens with one attached hydrogen (secondary N) is 1. The lowest BCUT2D eigenvalue weighted by Crippen LogP contribution is -2.32. The average Bonchev–Trinajstić information content (AvgIpc) is 3.25. The number of hydrogen-bond acceptors (Lipinski definition) is 6. The van der Waals surface area contributed by atoms with Crippen molar-refractivity contribution >= 4 is 51.3 Å². The Hall–Kier alpha value is -3.69. The second-order valence-corrected chi connectivity index (χ2v) is 8.59. The van der Waals surface area contributed by atoms with Gasteiger partial charge in [0, 0.05) is 32.9 Å². The summed E-state index contributed by atoms with van der Waals surface area (Å²) in [6.07, 6.45) is 0. The van der Waals surface area contributed by atoms with Crippen molar-refractivity contribution in [3.8, 4) is 11.3 Å². The van der Waals surface area contributed by atoms with Crippen molar-refractivity contribution in [1.82, 2.24) is 4.98 Å². The first-order valence-electron chi connectivity index (χ1n) is 9.27. The third-order valence-electron chi connectivity index (χ3n) is 4.73. The number of aromatic nitrogens is 1. The van der Waals surface area contributed by atoms with E-state index >= 15 is 0 Å². The number of non-ortho nitro benzene ring substituents is 1. The topological polar surface area (TPSA) is 88.4 Å². The van der Waals surface area contributed by atoms with Gasteiger partial charge in [-0.1, -0.05) is 36.0 Å². The fourth-order valence-electron chi connectivity index (χ4n) is 3.29. The summed E-state index contributed by atoms with van der Waals surface area (Å²) in [5.41, 5.74) is 3.04. The summed E-state index contributed by atoms with van der Waals surface area (Å²) in [6.45, 7) is 0. The molecule has 0 bridgehead atoms. The Balaban J connectivity index is 1.42. The predicted octanol–water partition coefficient (Wildman–Crippen LogP) is 6.55. The first kappa shape index (κ1) is 19.3. The van der Waals surface area contributed by atoms with Crippen LogP contribution in [0.15, 0.2) is 88.0 Å². The van der Waals surface area contributed by atoms with Crippen LogP contribution in [0.2, 0.25) is 0 Å². The molecule has 0 spiro atoms. The number of amides is 2. The highest BCUT2D eigenvalue weighted by Crippen LogP contribution is 2.48. The van der Waals surface area contributed by atoms with Gasteiger partial charge in [0.1, 0.15) is 0 Å². The molecule has 9 heteroatoms. The second-order valence-electron chi connectivity index (χ2n) is 6.64. The third-order valence-corrected chi connectivity index (χ3v) is 6.62. The monoisotopic (exact) mass is 446 g/mol. The van der Waals surface area contributed by atoms with E-state index in [0.29, 0.717) is 10.8 Å². The second kappa shape index (κ2) is 7.86. The standard InChI is InChI=1S/C22H14N4O3S2/c27-22(24-21-23-16(13-30-21)14-9-11-15(12-10-14)26(28)29)25-17-5-1-3-7-19(17)31-20-8-4-2-6-18(20)25/h1-13H,(H,23,24,27). The molecule has 152 valence electrons. The minimum absolute atomic E-state index is 0.0211. The molecule has 2 heterocycles. The van der Waals surface area contributed by atoms with Crippen molar-refractivity contribution in [3.63, 3.8) is 0 Å². The summed E-state index contributed by atoms with van der Waals surface area (Å²) in [6, 6.07) is 21.4. The van der Waals surface area contributed by atoms with Crippen molar-refractivity contribution < 1.29 is 9.72 Å². The molecule has 0 unspecified atom stereocenters. The number of rotatable bonds is 3. The Morgan fingerprint density at radius 3 is 2.16 bits per heavy atom. The zero-order valence-electron chi connectivity index (χ0n) is 15.9. The van der Waals surface area contributed by atoms with Gasteiger partial charge in [0.05, 0.1) is 22.0 Å². The number of para-hydroxylation sites is 2. The summed E-state index contributed by atoms with van der Waals surface area (Å²) in [5, 5.41) is 16.0. The molecular formula is C22H14N4O3S2. The third kappa shape index (κ3) is 3.65. The van der Waals surface area contributed by atoms with E-state index in [9.17, 15) is 14.9 Å². The number of nitrogens with zero attached hydrogens (tertiary/aromatic N) is 3. The van der Waals surface area contributed by atoms with Crippen LogP contribution in [0.3, 0.4) is 0 Å². The number of nitro groups is 1. The van der Waals surface area contributed by atoms with Crippen LogP contribution in [0.5, 0.6) is 0 Å². The predicted molar refractivity (Wildman–Crippen MR) is 122 cm³/mol. The molecule has 1 aliphatic rings. The molecular weight excluding hydrogens is 432 g/mol. The van der Waals surface area contributed by atoms with E-state index in [4.69, 9.17) is 0 Å². The summed E-state index contributed by atoms with van der Waals surface area (Å²) in [7, 11) is 0. The zero-order valence-corrected chi connectivity index (χ0v) is 17.5. The Morgan fingerprint density at radius 1 is 0.935 bits per heavy atom. The highest BCUT2D eigenvalue weighted by molar-refractivity contribution is 7.99. The SMILES string of the molecule is O=C(Nc1nc(-c2ccc([N+](=O)[O-])cc2)cs1)N1c2ccccc2Sc2ccccc21. The fraction of sp³-hybridized carbons (Fsp3) is 0. The van der Waals surface area contributed by atoms with E-state index in [1.165, 1.54) is 23.5 Å². The van der Waals surface area contributed by atoms with E-state index < -0.39 is 4.92 Å². The molecule has 0 saturated heterocycles. The molecule has 0 aliphatic carbocycles. The van der Waals surface area contributed by atoms with Crippen LogP contribution < -0.4 is 10.2 Å².